The summed E-state index contributed by atoms with van der Waals surface area (Å²) in [6.07, 6.45) is 0.271. The van der Waals surface area contributed by atoms with Crippen molar-refractivity contribution in [3.05, 3.63) is 39.7 Å². The largest absolute Gasteiger partial charge is 0.373 e. The Balaban J connectivity index is 1.48. The molecule has 0 amide bonds. The van der Waals surface area contributed by atoms with Crippen LogP contribution in [0.2, 0.25) is 0 Å². The molecule has 2 fully saturated rings. The number of rotatable bonds is 3. The van der Waals surface area contributed by atoms with Gasteiger partial charge in [-0.15, -0.1) is 16.4 Å². The molecule has 0 radical (unpaired) electrons. The maximum Gasteiger partial charge on any atom is 0.151 e. The Kier molecular flexibility index (Phi) is 4.05. The van der Waals surface area contributed by atoms with E-state index in [1.807, 2.05) is 24.3 Å². The molecule has 2 aliphatic heterocycles. The van der Waals surface area contributed by atoms with Gasteiger partial charge in [-0.1, -0.05) is 0 Å². The number of aryl methyl sites for hydroxylation is 2. The Hall–Kier alpha value is -1.50. The molecule has 0 bridgehead atoms. The molecule has 2 aromatic heterocycles. The standard InChI is InChI=1S/C17H22N4OS/c1-12-3-6-17(19-18-12)21-7-8-22-16-11-20(10-15(16)21)9-14-5-4-13(2)23-14/h3-6,15-16H,7-11H2,1-2H3/t15-,16+/m1/s1. The lowest BCUT2D eigenvalue weighted by Gasteiger charge is -2.37. The first kappa shape index (κ1) is 15.1. The Morgan fingerprint density at radius 2 is 2.09 bits per heavy atom. The van der Waals surface area contributed by atoms with Gasteiger partial charge in [0.25, 0.3) is 0 Å². The number of fused-ring (bicyclic) bond motifs is 1. The van der Waals surface area contributed by atoms with Crippen molar-refractivity contribution in [2.24, 2.45) is 0 Å². The summed E-state index contributed by atoms with van der Waals surface area (Å²) in [5.41, 5.74) is 0.958. The van der Waals surface area contributed by atoms with Crippen molar-refractivity contribution in [1.29, 1.82) is 0 Å². The van der Waals surface area contributed by atoms with E-state index in [0.29, 0.717) is 6.04 Å². The topological polar surface area (TPSA) is 41.5 Å². The lowest BCUT2D eigenvalue weighted by Crippen LogP contribution is -2.51. The summed E-state index contributed by atoms with van der Waals surface area (Å²) in [7, 11) is 0. The molecule has 4 rings (SSSR count). The van der Waals surface area contributed by atoms with Gasteiger partial charge >= 0.3 is 0 Å². The van der Waals surface area contributed by atoms with Gasteiger partial charge < -0.3 is 9.64 Å². The summed E-state index contributed by atoms with van der Waals surface area (Å²) in [6.45, 7) is 8.84. The molecule has 2 aliphatic rings. The lowest BCUT2D eigenvalue weighted by molar-refractivity contribution is 0.0303. The maximum atomic E-state index is 6.02. The summed E-state index contributed by atoms with van der Waals surface area (Å²) in [6, 6.07) is 8.94. The van der Waals surface area contributed by atoms with E-state index in [0.717, 1.165) is 44.3 Å². The van der Waals surface area contributed by atoms with Crippen molar-refractivity contribution < 1.29 is 4.74 Å². The molecular weight excluding hydrogens is 308 g/mol. The highest BCUT2D eigenvalue weighted by atomic mass is 32.1. The van der Waals surface area contributed by atoms with Crippen LogP contribution in [-0.2, 0) is 11.3 Å². The number of anilines is 1. The second kappa shape index (κ2) is 6.19. The number of hydrogen-bond acceptors (Lipinski definition) is 6. The van der Waals surface area contributed by atoms with E-state index < -0.39 is 0 Å². The molecule has 4 heterocycles. The smallest absolute Gasteiger partial charge is 0.151 e. The molecule has 0 N–H and O–H groups in total. The van der Waals surface area contributed by atoms with Crippen molar-refractivity contribution in [1.82, 2.24) is 15.1 Å². The van der Waals surface area contributed by atoms with Gasteiger partial charge in [-0.25, -0.2) is 0 Å². The van der Waals surface area contributed by atoms with Gasteiger partial charge in [0.05, 0.1) is 24.4 Å². The van der Waals surface area contributed by atoms with E-state index in [-0.39, 0.29) is 6.10 Å². The SMILES string of the molecule is Cc1ccc(N2CCO[C@H]3CN(Cc4ccc(C)s4)C[C@H]32)nn1. The first-order valence-electron chi connectivity index (χ1n) is 8.15. The Morgan fingerprint density at radius 1 is 1.17 bits per heavy atom. The van der Waals surface area contributed by atoms with Crippen LogP contribution in [0.5, 0.6) is 0 Å². The summed E-state index contributed by atoms with van der Waals surface area (Å²) < 4.78 is 6.02. The number of ether oxygens (including phenoxy) is 1. The molecule has 122 valence electrons. The van der Waals surface area contributed by atoms with Crippen LogP contribution >= 0.6 is 11.3 Å². The van der Waals surface area contributed by atoms with E-state index in [9.17, 15) is 0 Å². The third-order valence-corrected chi connectivity index (χ3v) is 5.62. The minimum atomic E-state index is 0.271. The zero-order chi connectivity index (χ0) is 15.8. The van der Waals surface area contributed by atoms with Crippen molar-refractivity contribution in [3.8, 4) is 0 Å². The average Bonchev–Trinajstić information content (AvgIpc) is 3.13. The number of aromatic nitrogens is 2. The van der Waals surface area contributed by atoms with Crippen LogP contribution in [0.4, 0.5) is 5.82 Å². The van der Waals surface area contributed by atoms with Gasteiger partial charge in [-0.2, -0.15) is 5.10 Å². The molecule has 0 aliphatic carbocycles. The molecule has 0 unspecified atom stereocenters. The summed E-state index contributed by atoms with van der Waals surface area (Å²) >= 11 is 1.89. The van der Waals surface area contributed by atoms with E-state index in [1.54, 1.807) is 0 Å². The zero-order valence-electron chi connectivity index (χ0n) is 13.6. The van der Waals surface area contributed by atoms with Crippen molar-refractivity contribution in [2.75, 3.05) is 31.1 Å². The molecule has 2 aromatic rings. The van der Waals surface area contributed by atoms with Crippen LogP contribution in [-0.4, -0.2) is 53.5 Å². The van der Waals surface area contributed by atoms with Gasteiger partial charge in [-0.3, -0.25) is 4.90 Å². The molecule has 2 atom stereocenters. The predicted octanol–water partition coefficient (Wildman–Crippen LogP) is 2.24. The quantitative estimate of drug-likeness (QED) is 0.863. The fourth-order valence-corrected chi connectivity index (χ4v) is 4.45. The molecule has 0 saturated carbocycles. The van der Waals surface area contributed by atoms with E-state index >= 15 is 0 Å². The first-order chi connectivity index (χ1) is 11.2. The summed E-state index contributed by atoms with van der Waals surface area (Å²) in [4.78, 5) is 7.69. The number of morpholine rings is 1. The van der Waals surface area contributed by atoms with Crippen LogP contribution in [0.3, 0.4) is 0 Å². The zero-order valence-corrected chi connectivity index (χ0v) is 14.4. The van der Waals surface area contributed by atoms with Gasteiger partial charge in [0.2, 0.25) is 0 Å². The first-order valence-corrected chi connectivity index (χ1v) is 8.97. The molecular formula is C17H22N4OS. The van der Waals surface area contributed by atoms with Gasteiger partial charge in [0.15, 0.2) is 5.82 Å². The highest BCUT2D eigenvalue weighted by Crippen LogP contribution is 2.28. The van der Waals surface area contributed by atoms with Gasteiger partial charge in [0.1, 0.15) is 0 Å². The van der Waals surface area contributed by atoms with Crippen LogP contribution in [0, 0.1) is 13.8 Å². The molecule has 5 nitrogen and oxygen atoms in total. The van der Waals surface area contributed by atoms with Crippen LogP contribution < -0.4 is 4.90 Å². The fraction of sp³-hybridized carbons (Fsp3) is 0.529. The summed E-state index contributed by atoms with van der Waals surface area (Å²) in [5.74, 6) is 0.975. The Labute approximate surface area is 140 Å². The highest BCUT2D eigenvalue weighted by molar-refractivity contribution is 7.11. The second-order valence-corrected chi connectivity index (χ2v) is 7.78. The lowest BCUT2D eigenvalue weighted by atomic mass is 10.1. The summed E-state index contributed by atoms with van der Waals surface area (Å²) in [5, 5.41) is 8.59. The van der Waals surface area contributed by atoms with Crippen LogP contribution in [0.25, 0.3) is 0 Å². The molecule has 2 saturated heterocycles. The average molecular weight is 330 g/mol. The minimum Gasteiger partial charge on any atom is -0.373 e. The van der Waals surface area contributed by atoms with E-state index in [4.69, 9.17) is 4.74 Å². The Bertz CT molecular complexity index is 671. The van der Waals surface area contributed by atoms with Crippen LogP contribution in [0.15, 0.2) is 24.3 Å². The third-order valence-electron chi connectivity index (χ3n) is 4.63. The Morgan fingerprint density at radius 3 is 2.83 bits per heavy atom. The van der Waals surface area contributed by atoms with Crippen LogP contribution in [0.1, 0.15) is 15.4 Å². The van der Waals surface area contributed by atoms with Crippen molar-refractivity contribution >= 4 is 17.2 Å². The third kappa shape index (κ3) is 3.11. The van der Waals surface area contributed by atoms with Gasteiger partial charge in [0, 0.05) is 35.9 Å². The van der Waals surface area contributed by atoms with Gasteiger partial charge in [-0.05, 0) is 38.1 Å². The fourth-order valence-electron chi connectivity index (χ4n) is 3.51. The molecule has 23 heavy (non-hydrogen) atoms. The number of hydrogen-bond donors (Lipinski definition) is 0. The second-order valence-electron chi connectivity index (χ2n) is 6.41. The number of thiophene rings is 1. The molecule has 0 spiro atoms. The minimum absolute atomic E-state index is 0.271. The maximum absolute atomic E-state index is 6.02. The highest BCUT2D eigenvalue weighted by Gasteiger charge is 2.40. The van der Waals surface area contributed by atoms with E-state index in [1.165, 1.54) is 9.75 Å². The number of likely N-dealkylation sites (tertiary alicyclic amines) is 1. The molecule has 0 aromatic carbocycles. The van der Waals surface area contributed by atoms with E-state index in [2.05, 4.69) is 45.1 Å². The van der Waals surface area contributed by atoms with Crippen molar-refractivity contribution in [2.45, 2.75) is 32.5 Å². The van der Waals surface area contributed by atoms with Crippen molar-refractivity contribution in [3.63, 3.8) is 0 Å². The monoisotopic (exact) mass is 330 g/mol. The molecule has 6 heteroatoms. The predicted molar refractivity (Wildman–Crippen MR) is 92.0 cm³/mol. The number of nitrogens with zero attached hydrogens (tertiary/aromatic N) is 4. The normalized spacial score (nSPS) is 24.9.